The normalized spacial score (nSPS) is 22.8. The maximum absolute atomic E-state index is 13.5. The molecular formula is C24H27N3O4. The van der Waals surface area contributed by atoms with Crippen LogP contribution < -0.4 is 14.8 Å². The number of imide groups is 1. The standard InChI is InChI=1S/C24H27N3O4/c1-30-20-12-17-9-11-26(14-18(17)13-21(20)31-2)15-27-22(28)24(25-23(27)29)10-5-7-16-6-3-4-8-19(16)24/h3-4,6,8,12-13H,5,7,9-11,14-15H2,1-2H3,(H,25,29)/t24-/m1/s1. The highest BCUT2D eigenvalue weighted by Gasteiger charge is 2.54. The molecule has 1 aliphatic carbocycles. The van der Waals surface area contributed by atoms with Crippen molar-refractivity contribution in [3.05, 3.63) is 58.7 Å². The van der Waals surface area contributed by atoms with Gasteiger partial charge in [-0.25, -0.2) is 9.69 Å². The van der Waals surface area contributed by atoms with E-state index in [0.29, 0.717) is 18.7 Å². The van der Waals surface area contributed by atoms with Crippen LogP contribution in [0.25, 0.3) is 0 Å². The van der Waals surface area contributed by atoms with Crippen molar-refractivity contribution in [1.82, 2.24) is 15.1 Å². The highest BCUT2D eigenvalue weighted by Crippen LogP contribution is 2.40. The first kappa shape index (κ1) is 19.9. The minimum absolute atomic E-state index is 0.136. The first-order valence-corrected chi connectivity index (χ1v) is 10.7. The van der Waals surface area contributed by atoms with Gasteiger partial charge >= 0.3 is 6.03 Å². The molecule has 2 heterocycles. The predicted molar refractivity (Wildman–Crippen MR) is 115 cm³/mol. The van der Waals surface area contributed by atoms with Crippen molar-refractivity contribution >= 4 is 11.9 Å². The third kappa shape index (κ3) is 3.15. The van der Waals surface area contributed by atoms with Crippen molar-refractivity contribution < 1.29 is 19.1 Å². The van der Waals surface area contributed by atoms with Gasteiger partial charge in [0.25, 0.3) is 5.91 Å². The lowest BCUT2D eigenvalue weighted by Gasteiger charge is -2.34. The second-order valence-electron chi connectivity index (χ2n) is 8.50. The van der Waals surface area contributed by atoms with Crippen LogP contribution in [0.15, 0.2) is 36.4 Å². The molecule has 162 valence electrons. The predicted octanol–water partition coefficient (Wildman–Crippen LogP) is 2.80. The second-order valence-corrected chi connectivity index (χ2v) is 8.50. The number of nitrogens with one attached hydrogen (secondary N) is 1. The summed E-state index contributed by atoms with van der Waals surface area (Å²) >= 11 is 0. The molecule has 0 unspecified atom stereocenters. The molecule has 0 bridgehead atoms. The molecule has 31 heavy (non-hydrogen) atoms. The number of carbonyl (C=O) groups is 2. The Bertz CT molecular complexity index is 1050. The van der Waals surface area contributed by atoms with E-state index >= 15 is 0 Å². The summed E-state index contributed by atoms with van der Waals surface area (Å²) in [6.45, 7) is 1.70. The number of methoxy groups -OCH3 is 2. The van der Waals surface area contributed by atoms with Crippen LogP contribution in [0.5, 0.6) is 11.5 Å². The van der Waals surface area contributed by atoms with Crippen molar-refractivity contribution in [3.63, 3.8) is 0 Å². The lowest BCUT2D eigenvalue weighted by atomic mass is 9.76. The van der Waals surface area contributed by atoms with Gasteiger partial charge in [0, 0.05) is 13.1 Å². The summed E-state index contributed by atoms with van der Waals surface area (Å²) in [5, 5.41) is 3.04. The Morgan fingerprint density at radius 3 is 2.52 bits per heavy atom. The molecule has 2 aromatic rings. The number of fused-ring (bicyclic) bond motifs is 3. The molecule has 5 rings (SSSR count). The topological polar surface area (TPSA) is 71.1 Å². The average Bonchev–Trinajstić information content (AvgIpc) is 3.03. The van der Waals surface area contributed by atoms with E-state index < -0.39 is 5.54 Å². The number of hydrogen-bond acceptors (Lipinski definition) is 5. The van der Waals surface area contributed by atoms with Crippen molar-refractivity contribution in [2.45, 2.75) is 37.8 Å². The molecule has 0 aromatic heterocycles. The van der Waals surface area contributed by atoms with Gasteiger partial charge in [-0.3, -0.25) is 9.69 Å². The van der Waals surface area contributed by atoms with Crippen LogP contribution in [-0.4, -0.2) is 49.2 Å². The summed E-state index contributed by atoms with van der Waals surface area (Å²) in [4.78, 5) is 30.0. The van der Waals surface area contributed by atoms with E-state index in [-0.39, 0.29) is 18.6 Å². The summed E-state index contributed by atoms with van der Waals surface area (Å²) in [6, 6.07) is 11.7. The van der Waals surface area contributed by atoms with Crippen LogP contribution in [0.2, 0.25) is 0 Å². The fourth-order valence-corrected chi connectivity index (χ4v) is 5.20. The van der Waals surface area contributed by atoms with Crippen LogP contribution in [0.4, 0.5) is 4.79 Å². The van der Waals surface area contributed by atoms with Gasteiger partial charge in [-0.15, -0.1) is 0 Å². The Labute approximate surface area is 181 Å². The minimum Gasteiger partial charge on any atom is -0.493 e. The van der Waals surface area contributed by atoms with Gasteiger partial charge in [0.15, 0.2) is 11.5 Å². The summed E-state index contributed by atoms with van der Waals surface area (Å²) in [6.07, 6.45) is 3.29. The van der Waals surface area contributed by atoms with E-state index in [0.717, 1.165) is 48.2 Å². The van der Waals surface area contributed by atoms with Gasteiger partial charge in [0.2, 0.25) is 0 Å². The van der Waals surface area contributed by atoms with E-state index in [2.05, 4.69) is 16.3 Å². The molecule has 3 aliphatic rings. The fraction of sp³-hybridized carbons (Fsp3) is 0.417. The molecule has 1 spiro atoms. The van der Waals surface area contributed by atoms with Crippen LogP contribution in [-0.2, 0) is 29.7 Å². The number of ether oxygens (including phenoxy) is 2. The average molecular weight is 421 g/mol. The van der Waals surface area contributed by atoms with Crippen LogP contribution in [0.3, 0.4) is 0 Å². The zero-order chi connectivity index (χ0) is 21.6. The first-order chi connectivity index (χ1) is 15.1. The van der Waals surface area contributed by atoms with E-state index in [9.17, 15) is 9.59 Å². The van der Waals surface area contributed by atoms with Gasteiger partial charge < -0.3 is 14.8 Å². The molecular weight excluding hydrogens is 394 g/mol. The number of carbonyl (C=O) groups excluding carboxylic acids is 2. The molecule has 1 saturated heterocycles. The molecule has 1 atom stereocenters. The smallest absolute Gasteiger partial charge is 0.326 e. The molecule has 0 radical (unpaired) electrons. The molecule has 1 fully saturated rings. The van der Waals surface area contributed by atoms with Gasteiger partial charge in [0.1, 0.15) is 5.54 Å². The van der Waals surface area contributed by atoms with E-state index in [1.807, 2.05) is 30.3 Å². The Hall–Kier alpha value is -3.06. The number of urea groups is 1. The number of nitrogens with zero attached hydrogens (tertiary/aromatic N) is 2. The highest BCUT2D eigenvalue weighted by atomic mass is 16.5. The van der Waals surface area contributed by atoms with E-state index in [4.69, 9.17) is 9.47 Å². The number of amides is 3. The molecule has 0 saturated carbocycles. The SMILES string of the molecule is COc1cc2c(cc1OC)CN(CN1C(=O)N[C@@]3(CCCc4ccccc43)C1=O)CC2. The van der Waals surface area contributed by atoms with Crippen LogP contribution in [0, 0.1) is 0 Å². The van der Waals surface area contributed by atoms with Gasteiger partial charge in [-0.2, -0.15) is 0 Å². The molecule has 2 aromatic carbocycles. The lowest BCUT2D eigenvalue weighted by Crippen LogP contribution is -2.48. The van der Waals surface area contributed by atoms with E-state index in [1.54, 1.807) is 14.2 Å². The largest absolute Gasteiger partial charge is 0.493 e. The van der Waals surface area contributed by atoms with Crippen molar-refractivity contribution in [2.75, 3.05) is 27.4 Å². The molecule has 7 heteroatoms. The summed E-state index contributed by atoms with van der Waals surface area (Å²) < 4.78 is 10.9. The summed E-state index contributed by atoms with van der Waals surface area (Å²) in [5.74, 6) is 1.28. The van der Waals surface area contributed by atoms with Gasteiger partial charge in [0.05, 0.1) is 20.9 Å². The van der Waals surface area contributed by atoms with Crippen molar-refractivity contribution in [3.8, 4) is 11.5 Å². The zero-order valence-electron chi connectivity index (χ0n) is 17.9. The number of aryl methyl sites for hydroxylation is 1. The maximum atomic E-state index is 13.5. The van der Waals surface area contributed by atoms with Crippen molar-refractivity contribution in [2.24, 2.45) is 0 Å². The Morgan fingerprint density at radius 1 is 1.00 bits per heavy atom. The second kappa shape index (κ2) is 7.57. The maximum Gasteiger partial charge on any atom is 0.326 e. The Kier molecular flexibility index (Phi) is 4.85. The molecule has 7 nitrogen and oxygen atoms in total. The molecule has 2 aliphatic heterocycles. The number of hydrogen-bond donors (Lipinski definition) is 1. The third-order valence-corrected chi connectivity index (χ3v) is 6.79. The van der Waals surface area contributed by atoms with Crippen molar-refractivity contribution in [1.29, 1.82) is 0 Å². The lowest BCUT2D eigenvalue weighted by molar-refractivity contribution is -0.133. The number of rotatable bonds is 4. The Balaban J connectivity index is 1.37. The highest BCUT2D eigenvalue weighted by molar-refractivity contribution is 6.07. The fourth-order valence-electron chi connectivity index (χ4n) is 5.20. The number of benzene rings is 2. The summed E-state index contributed by atoms with van der Waals surface area (Å²) in [5.41, 5.74) is 3.52. The summed E-state index contributed by atoms with van der Waals surface area (Å²) in [7, 11) is 3.26. The van der Waals surface area contributed by atoms with Gasteiger partial charge in [-0.05, 0) is 60.1 Å². The molecule has 3 amide bonds. The monoisotopic (exact) mass is 421 g/mol. The first-order valence-electron chi connectivity index (χ1n) is 10.7. The van der Waals surface area contributed by atoms with E-state index in [1.165, 1.54) is 10.5 Å². The minimum atomic E-state index is -0.920. The van der Waals surface area contributed by atoms with Crippen LogP contribution >= 0.6 is 0 Å². The third-order valence-electron chi connectivity index (χ3n) is 6.79. The Morgan fingerprint density at radius 2 is 1.74 bits per heavy atom. The van der Waals surface area contributed by atoms with Crippen LogP contribution in [0.1, 0.15) is 35.1 Å². The molecule has 1 N–H and O–H groups in total. The quantitative estimate of drug-likeness (QED) is 0.769. The zero-order valence-corrected chi connectivity index (χ0v) is 17.9. The van der Waals surface area contributed by atoms with Gasteiger partial charge in [-0.1, -0.05) is 24.3 Å².